The van der Waals surface area contributed by atoms with Crippen LogP contribution in [0.1, 0.15) is 19.8 Å². The molecule has 0 fully saturated rings. The smallest absolute Gasteiger partial charge is 0.222 e. The number of amides is 1. The zero-order valence-corrected chi connectivity index (χ0v) is 8.68. The van der Waals surface area contributed by atoms with Crippen LogP contribution in [0.25, 0.3) is 0 Å². The summed E-state index contributed by atoms with van der Waals surface area (Å²) in [6.45, 7) is 7.94. The SMILES string of the molecule is C=CCN(CC)C(=O)CCCNC. The van der Waals surface area contributed by atoms with Crippen molar-refractivity contribution in [2.24, 2.45) is 0 Å². The Kier molecular flexibility index (Phi) is 7.30. The van der Waals surface area contributed by atoms with E-state index in [0.717, 1.165) is 19.5 Å². The van der Waals surface area contributed by atoms with Crippen molar-refractivity contribution in [3.05, 3.63) is 12.7 Å². The van der Waals surface area contributed by atoms with Crippen molar-refractivity contribution in [1.82, 2.24) is 10.2 Å². The van der Waals surface area contributed by atoms with Crippen molar-refractivity contribution in [2.75, 3.05) is 26.7 Å². The topological polar surface area (TPSA) is 32.3 Å². The highest BCUT2D eigenvalue weighted by atomic mass is 16.2. The summed E-state index contributed by atoms with van der Waals surface area (Å²) < 4.78 is 0. The van der Waals surface area contributed by atoms with E-state index in [1.807, 2.05) is 18.9 Å². The highest BCUT2D eigenvalue weighted by molar-refractivity contribution is 5.76. The number of rotatable bonds is 7. The highest BCUT2D eigenvalue weighted by Crippen LogP contribution is 1.97. The monoisotopic (exact) mass is 184 g/mol. The molecule has 0 aromatic carbocycles. The second-order valence-electron chi connectivity index (χ2n) is 2.93. The molecule has 0 aliphatic rings. The molecule has 0 aliphatic carbocycles. The lowest BCUT2D eigenvalue weighted by Crippen LogP contribution is -2.31. The quantitative estimate of drug-likeness (QED) is 0.473. The molecule has 0 aromatic heterocycles. The Bertz CT molecular complexity index is 157. The van der Waals surface area contributed by atoms with Crippen LogP contribution in [0.4, 0.5) is 0 Å². The largest absolute Gasteiger partial charge is 0.339 e. The van der Waals surface area contributed by atoms with Gasteiger partial charge in [-0.2, -0.15) is 0 Å². The molecule has 0 heterocycles. The van der Waals surface area contributed by atoms with E-state index in [1.165, 1.54) is 0 Å². The Balaban J connectivity index is 3.70. The lowest BCUT2D eigenvalue weighted by atomic mass is 10.2. The number of nitrogens with zero attached hydrogens (tertiary/aromatic N) is 1. The first-order chi connectivity index (χ1) is 6.26. The second-order valence-corrected chi connectivity index (χ2v) is 2.93. The lowest BCUT2D eigenvalue weighted by Gasteiger charge is -2.18. The average Bonchev–Trinajstić information content (AvgIpc) is 2.14. The van der Waals surface area contributed by atoms with Gasteiger partial charge in [0.1, 0.15) is 0 Å². The predicted octanol–water partition coefficient (Wildman–Crippen LogP) is 1.02. The molecule has 1 N–H and O–H groups in total. The molecular weight excluding hydrogens is 164 g/mol. The zero-order chi connectivity index (χ0) is 10.1. The van der Waals surface area contributed by atoms with Gasteiger partial charge in [-0.05, 0) is 26.9 Å². The molecule has 0 unspecified atom stereocenters. The van der Waals surface area contributed by atoms with Crippen LogP contribution in [0.2, 0.25) is 0 Å². The predicted molar refractivity (Wildman–Crippen MR) is 55.6 cm³/mol. The fourth-order valence-corrected chi connectivity index (χ4v) is 1.14. The van der Waals surface area contributed by atoms with Crippen molar-refractivity contribution in [3.63, 3.8) is 0 Å². The van der Waals surface area contributed by atoms with Crippen molar-refractivity contribution < 1.29 is 4.79 Å². The number of carbonyl (C=O) groups excluding carboxylic acids is 1. The van der Waals surface area contributed by atoms with E-state index in [0.29, 0.717) is 13.0 Å². The van der Waals surface area contributed by atoms with Gasteiger partial charge in [0, 0.05) is 19.5 Å². The van der Waals surface area contributed by atoms with E-state index >= 15 is 0 Å². The first-order valence-electron chi connectivity index (χ1n) is 4.79. The van der Waals surface area contributed by atoms with Gasteiger partial charge in [-0.1, -0.05) is 6.08 Å². The van der Waals surface area contributed by atoms with Crippen LogP contribution in [-0.2, 0) is 4.79 Å². The van der Waals surface area contributed by atoms with Crippen LogP contribution in [0.3, 0.4) is 0 Å². The number of nitrogens with one attached hydrogen (secondary N) is 1. The molecule has 0 bridgehead atoms. The van der Waals surface area contributed by atoms with Crippen LogP contribution in [0.15, 0.2) is 12.7 Å². The van der Waals surface area contributed by atoms with E-state index in [9.17, 15) is 4.79 Å². The third-order valence-corrected chi connectivity index (χ3v) is 1.90. The summed E-state index contributed by atoms with van der Waals surface area (Å²) in [5.74, 6) is 0.220. The molecule has 76 valence electrons. The number of hydrogen-bond acceptors (Lipinski definition) is 2. The van der Waals surface area contributed by atoms with E-state index in [-0.39, 0.29) is 5.91 Å². The Labute approximate surface area is 80.8 Å². The Morgan fingerprint density at radius 3 is 2.77 bits per heavy atom. The Morgan fingerprint density at radius 2 is 2.31 bits per heavy atom. The lowest BCUT2D eigenvalue weighted by molar-refractivity contribution is -0.130. The molecule has 13 heavy (non-hydrogen) atoms. The standard InChI is InChI=1S/C10H20N2O/c1-4-9-12(5-2)10(13)7-6-8-11-3/h4,11H,1,5-9H2,2-3H3. The maximum Gasteiger partial charge on any atom is 0.222 e. The van der Waals surface area contributed by atoms with Gasteiger partial charge in [0.05, 0.1) is 0 Å². The third-order valence-electron chi connectivity index (χ3n) is 1.90. The second kappa shape index (κ2) is 7.80. The zero-order valence-electron chi connectivity index (χ0n) is 8.68. The summed E-state index contributed by atoms with van der Waals surface area (Å²) in [4.78, 5) is 13.3. The van der Waals surface area contributed by atoms with Crippen LogP contribution in [0.5, 0.6) is 0 Å². The van der Waals surface area contributed by atoms with Crippen molar-refractivity contribution in [1.29, 1.82) is 0 Å². The summed E-state index contributed by atoms with van der Waals surface area (Å²) in [5, 5.41) is 3.02. The summed E-state index contributed by atoms with van der Waals surface area (Å²) in [6.07, 6.45) is 3.30. The van der Waals surface area contributed by atoms with Gasteiger partial charge < -0.3 is 10.2 Å². The van der Waals surface area contributed by atoms with Gasteiger partial charge in [-0.15, -0.1) is 6.58 Å². The minimum atomic E-state index is 0.220. The number of carbonyl (C=O) groups is 1. The van der Waals surface area contributed by atoms with Crippen LogP contribution >= 0.6 is 0 Å². The molecule has 0 saturated carbocycles. The Hall–Kier alpha value is -0.830. The molecule has 0 aromatic rings. The Morgan fingerprint density at radius 1 is 1.62 bits per heavy atom. The number of hydrogen-bond donors (Lipinski definition) is 1. The maximum absolute atomic E-state index is 11.5. The van der Waals surface area contributed by atoms with Gasteiger partial charge in [-0.3, -0.25) is 4.79 Å². The van der Waals surface area contributed by atoms with Crippen molar-refractivity contribution >= 4 is 5.91 Å². The van der Waals surface area contributed by atoms with Crippen LogP contribution in [0, 0.1) is 0 Å². The normalized spacial score (nSPS) is 9.69. The van der Waals surface area contributed by atoms with Gasteiger partial charge >= 0.3 is 0 Å². The fraction of sp³-hybridized carbons (Fsp3) is 0.700. The van der Waals surface area contributed by atoms with Crippen LogP contribution < -0.4 is 5.32 Å². The average molecular weight is 184 g/mol. The molecule has 0 spiro atoms. The van der Waals surface area contributed by atoms with E-state index in [1.54, 1.807) is 6.08 Å². The summed E-state index contributed by atoms with van der Waals surface area (Å²) in [7, 11) is 1.89. The van der Waals surface area contributed by atoms with Gasteiger partial charge in [-0.25, -0.2) is 0 Å². The first-order valence-corrected chi connectivity index (χ1v) is 4.79. The van der Waals surface area contributed by atoms with Gasteiger partial charge in [0.25, 0.3) is 0 Å². The summed E-state index contributed by atoms with van der Waals surface area (Å²) >= 11 is 0. The van der Waals surface area contributed by atoms with E-state index in [2.05, 4.69) is 11.9 Å². The van der Waals surface area contributed by atoms with Crippen molar-refractivity contribution in [2.45, 2.75) is 19.8 Å². The first kappa shape index (κ1) is 12.2. The van der Waals surface area contributed by atoms with E-state index in [4.69, 9.17) is 0 Å². The van der Waals surface area contributed by atoms with Gasteiger partial charge in [0.15, 0.2) is 0 Å². The minimum Gasteiger partial charge on any atom is -0.339 e. The summed E-state index contributed by atoms with van der Waals surface area (Å²) in [5.41, 5.74) is 0. The maximum atomic E-state index is 11.5. The molecule has 0 aliphatic heterocycles. The molecule has 0 rings (SSSR count). The fourth-order valence-electron chi connectivity index (χ4n) is 1.14. The van der Waals surface area contributed by atoms with Gasteiger partial charge in [0.2, 0.25) is 5.91 Å². The number of likely N-dealkylation sites (N-methyl/N-ethyl adjacent to an activating group) is 1. The van der Waals surface area contributed by atoms with Crippen molar-refractivity contribution in [3.8, 4) is 0 Å². The van der Waals surface area contributed by atoms with E-state index < -0.39 is 0 Å². The molecule has 0 radical (unpaired) electrons. The van der Waals surface area contributed by atoms with Crippen LogP contribution in [-0.4, -0.2) is 37.5 Å². The highest BCUT2D eigenvalue weighted by Gasteiger charge is 2.08. The minimum absolute atomic E-state index is 0.220. The molecule has 1 amide bonds. The molecule has 3 heteroatoms. The third kappa shape index (κ3) is 5.42. The molecule has 0 atom stereocenters. The molecule has 3 nitrogen and oxygen atoms in total. The molecular formula is C10H20N2O. The summed E-state index contributed by atoms with van der Waals surface area (Å²) in [6, 6.07) is 0. The molecule has 0 saturated heterocycles.